The number of hydrogen-bond acceptors (Lipinski definition) is 4. The number of anilines is 1. The van der Waals surface area contributed by atoms with Gasteiger partial charge in [0.05, 0.1) is 17.1 Å². The molecule has 2 aromatic heterocycles. The van der Waals surface area contributed by atoms with Gasteiger partial charge in [-0.05, 0) is 42.5 Å². The molecule has 5 aromatic rings. The molecule has 170 valence electrons. The van der Waals surface area contributed by atoms with Gasteiger partial charge in [0.2, 0.25) is 5.91 Å². The molecule has 3 aromatic carbocycles. The third-order valence-corrected chi connectivity index (χ3v) is 6.31. The Labute approximate surface area is 200 Å². The predicted octanol–water partition coefficient (Wildman–Crippen LogP) is 5.53. The standard InChI is InChI=1S/C24H15ClF2N4O2S/c25-13-5-8-15(9-6-13)31-23(33)22-21(16-3-1-2-4-18(16)29-22)30-24(31)34-12-20(32)28-19-10-7-14(26)11-17(19)27/h1-11,29H,12H2,(H,28,32). The zero-order valence-corrected chi connectivity index (χ0v) is 18.9. The van der Waals surface area contributed by atoms with Crippen LogP contribution in [0, 0.1) is 11.6 Å². The van der Waals surface area contributed by atoms with Crippen molar-refractivity contribution in [2.24, 2.45) is 0 Å². The van der Waals surface area contributed by atoms with Crippen LogP contribution in [-0.4, -0.2) is 26.2 Å². The highest BCUT2D eigenvalue weighted by Gasteiger charge is 2.18. The maximum atomic E-state index is 13.9. The van der Waals surface area contributed by atoms with Gasteiger partial charge in [-0.2, -0.15) is 0 Å². The molecule has 0 radical (unpaired) electrons. The number of halogens is 3. The average molecular weight is 497 g/mol. The summed E-state index contributed by atoms with van der Waals surface area (Å²) in [6.45, 7) is 0. The second kappa shape index (κ2) is 8.92. The molecule has 0 saturated heterocycles. The Morgan fingerprint density at radius 3 is 2.62 bits per heavy atom. The van der Waals surface area contributed by atoms with Crippen LogP contribution in [0.1, 0.15) is 0 Å². The van der Waals surface area contributed by atoms with E-state index in [2.05, 4.69) is 15.3 Å². The summed E-state index contributed by atoms with van der Waals surface area (Å²) in [6, 6.07) is 16.9. The third kappa shape index (κ3) is 4.15. The largest absolute Gasteiger partial charge is 0.349 e. The fourth-order valence-electron chi connectivity index (χ4n) is 3.56. The lowest BCUT2D eigenvalue weighted by molar-refractivity contribution is -0.113. The Hall–Kier alpha value is -3.69. The van der Waals surface area contributed by atoms with Crippen LogP contribution in [0.5, 0.6) is 0 Å². The highest BCUT2D eigenvalue weighted by Crippen LogP contribution is 2.27. The predicted molar refractivity (Wildman–Crippen MR) is 130 cm³/mol. The molecule has 1 amide bonds. The number of fused-ring (bicyclic) bond motifs is 3. The van der Waals surface area contributed by atoms with Crippen LogP contribution in [0.25, 0.3) is 27.6 Å². The maximum Gasteiger partial charge on any atom is 0.283 e. The van der Waals surface area contributed by atoms with Crippen molar-refractivity contribution < 1.29 is 13.6 Å². The summed E-state index contributed by atoms with van der Waals surface area (Å²) in [5.41, 5.74) is 1.63. The summed E-state index contributed by atoms with van der Waals surface area (Å²) >= 11 is 7.03. The fourth-order valence-corrected chi connectivity index (χ4v) is 4.50. The summed E-state index contributed by atoms with van der Waals surface area (Å²) in [5.74, 6) is -2.32. The summed E-state index contributed by atoms with van der Waals surface area (Å²) in [7, 11) is 0. The van der Waals surface area contributed by atoms with Crippen LogP contribution < -0.4 is 10.9 Å². The lowest BCUT2D eigenvalue weighted by Crippen LogP contribution is -2.23. The first kappa shape index (κ1) is 22.1. The average Bonchev–Trinajstić information content (AvgIpc) is 3.20. The van der Waals surface area contributed by atoms with Crippen molar-refractivity contribution in [3.63, 3.8) is 0 Å². The Balaban J connectivity index is 1.54. The zero-order valence-electron chi connectivity index (χ0n) is 17.3. The smallest absolute Gasteiger partial charge is 0.283 e. The number of rotatable bonds is 5. The first-order valence-corrected chi connectivity index (χ1v) is 11.4. The minimum absolute atomic E-state index is 0.137. The minimum Gasteiger partial charge on any atom is -0.349 e. The van der Waals surface area contributed by atoms with E-state index in [-0.39, 0.29) is 22.2 Å². The van der Waals surface area contributed by atoms with Crippen molar-refractivity contribution >= 4 is 56.9 Å². The topological polar surface area (TPSA) is 79.8 Å². The van der Waals surface area contributed by atoms with Crippen LogP contribution in [0.4, 0.5) is 14.5 Å². The van der Waals surface area contributed by atoms with Gasteiger partial charge in [0.1, 0.15) is 22.7 Å². The molecule has 0 saturated carbocycles. The van der Waals surface area contributed by atoms with E-state index in [1.807, 2.05) is 24.3 Å². The number of carbonyl (C=O) groups is 1. The molecule has 0 spiro atoms. The van der Waals surface area contributed by atoms with E-state index in [0.717, 1.165) is 34.8 Å². The molecule has 10 heteroatoms. The van der Waals surface area contributed by atoms with Crippen molar-refractivity contribution in [1.29, 1.82) is 0 Å². The summed E-state index contributed by atoms with van der Waals surface area (Å²) in [5, 5.41) is 3.97. The normalized spacial score (nSPS) is 11.3. The van der Waals surface area contributed by atoms with Gasteiger partial charge in [0.15, 0.2) is 5.16 Å². The molecule has 2 heterocycles. The molecule has 0 unspecified atom stereocenters. The molecular formula is C24H15ClF2N4O2S. The molecule has 34 heavy (non-hydrogen) atoms. The van der Waals surface area contributed by atoms with Crippen LogP contribution in [-0.2, 0) is 4.79 Å². The Morgan fingerprint density at radius 2 is 1.85 bits per heavy atom. The van der Waals surface area contributed by atoms with Gasteiger partial charge in [-0.15, -0.1) is 0 Å². The Kier molecular flexibility index (Phi) is 5.80. The highest BCUT2D eigenvalue weighted by atomic mass is 35.5. The molecular weight excluding hydrogens is 482 g/mol. The number of para-hydroxylation sites is 1. The number of aromatic amines is 1. The lowest BCUT2D eigenvalue weighted by Gasteiger charge is -2.12. The van der Waals surface area contributed by atoms with E-state index in [4.69, 9.17) is 11.6 Å². The van der Waals surface area contributed by atoms with Gasteiger partial charge in [0, 0.05) is 22.0 Å². The molecule has 0 fully saturated rings. The van der Waals surface area contributed by atoms with Crippen molar-refractivity contribution in [2.75, 3.05) is 11.1 Å². The van der Waals surface area contributed by atoms with Gasteiger partial charge < -0.3 is 10.3 Å². The van der Waals surface area contributed by atoms with Gasteiger partial charge in [-0.1, -0.05) is 41.6 Å². The molecule has 0 aliphatic heterocycles. The second-order valence-electron chi connectivity index (χ2n) is 7.37. The van der Waals surface area contributed by atoms with Crippen LogP contribution in [0.15, 0.2) is 76.7 Å². The van der Waals surface area contributed by atoms with E-state index >= 15 is 0 Å². The fraction of sp³-hybridized carbons (Fsp3) is 0.0417. The van der Waals surface area contributed by atoms with Crippen LogP contribution >= 0.6 is 23.4 Å². The number of hydrogen-bond donors (Lipinski definition) is 2. The first-order valence-electron chi connectivity index (χ1n) is 10.1. The second-order valence-corrected chi connectivity index (χ2v) is 8.75. The van der Waals surface area contributed by atoms with Crippen LogP contribution in [0.2, 0.25) is 5.02 Å². The number of amides is 1. The number of nitrogens with one attached hydrogen (secondary N) is 2. The van der Waals surface area contributed by atoms with E-state index in [1.165, 1.54) is 4.57 Å². The highest BCUT2D eigenvalue weighted by molar-refractivity contribution is 7.99. The first-order chi connectivity index (χ1) is 16.4. The summed E-state index contributed by atoms with van der Waals surface area (Å²) in [6.07, 6.45) is 0. The molecule has 5 rings (SSSR count). The quantitative estimate of drug-likeness (QED) is 0.248. The minimum atomic E-state index is -0.880. The van der Waals surface area contributed by atoms with Crippen molar-refractivity contribution in [3.8, 4) is 5.69 Å². The molecule has 0 aliphatic carbocycles. The van der Waals surface area contributed by atoms with Gasteiger partial charge in [-0.25, -0.2) is 13.8 Å². The van der Waals surface area contributed by atoms with Crippen molar-refractivity contribution in [2.45, 2.75) is 5.16 Å². The SMILES string of the molecule is O=C(CSc1nc2c([nH]c3ccccc32)c(=O)n1-c1ccc(Cl)cc1)Nc1ccc(F)cc1F. The van der Waals surface area contributed by atoms with Crippen molar-refractivity contribution in [3.05, 3.63) is 93.7 Å². The number of benzene rings is 3. The number of nitrogens with zero attached hydrogens (tertiary/aromatic N) is 2. The molecule has 2 N–H and O–H groups in total. The zero-order chi connectivity index (χ0) is 23.8. The molecule has 6 nitrogen and oxygen atoms in total. The number of thioether (sulfide) groups is 1. The van der Waals surface area contributed by atoms with Gasteiger partial charge in [-0.3, -0.25) is 14.2 Å². The molecule has 0 atom stereocenters. The van der Waals surface area contributed by atoms with E-state index < -0.39 is 17.5 Å². The molecule has 0 bridgehead atoms. The summed E-state index contributed by atoms with van der Waals surface area (Å²) in [4.78, 5) is 33.8. The number of aromatic nitrogens is 3. The monoisotopic (exact) mass is 496 g/mol. The Morgan fingerprint density at radius 1 is 1.09 bits per heavy atom. The van der Waals surface area contributed by atoms with Gasteiger partial charge >= 0.3 is 0 Å². The van der Waals surface area contributed by atoms with E-state index in [9.17, 15) is 18.4 Å². The van der Waals surface area contributed by atoms with E-state index in [0.29, 0.717) is 27.8 Å². The van der Waals surface area contributed by atoms with Gasteiger partial charge in [0.25, 0.3) is 5.56 Å². The van der Waals surface area contributed by atoms with E-state index in [1.54, 1.807) is 24.3 Å². The van der Waals surface area contributed by atoms with Crippen LogP contribution in [0.3, 0.4) is 0 Å². The number of carbonyl (C=O) groups excluding carboxylic acids is 1. The number of H-pyrrole nitrogens is 1. The third-order valence-electron chi connectivity index (χ3n) is 5.12. The Bertz CT molecular complexity index is 1620. The van der Waals surface area contributed by atoms with Crippen molar-refractivity contribution in [1.82, 2.24) is 14.5 Å². The molecule has 0 aliphatic rings. The lowest BCUT2D eigenvalue weighted by atomic mass is 10.2. The summed E-state index contributed by atoms with van der Waals surface area (Å²) < 4.78 is 28.4. The maximum absolute atomic E-state index is 13.9.